The van der Waals surface area contributed by atoms with Crippen LogP contribution >= 0.6 is 0 Å². The van der Waals surface area contributed by atoms with Crippen LogP contribution in [0.5, 0.6) is 0 Å². The van der Waals surface area contributed by atoms with Gasteiger partial charge in [0, 0.05) is 13.1 Å². The summed E-state index contributed by atoms with van der Waals surface area (Å²) in [6.45, 7) is 4.84. The molecule has 1 fully saturated rings. The number of hydrogen-bond donors (Lipinski definition) is 1. The van der Waals surface area contributed by atoms with Gasteiger partial charge in [-0.15, -0.1) is 5.10 Å². The molecule has 0 unspecified atom stereocenters. The van der Waals surface area contributed by atoms with E-state index in [0.717, 1.165) is 25.9 Å². The first-order chi connectivity index (χ1) is 9.76. The van der Waals surface area contributed by atoms with Crippen LogP contribution in [0, 0.1) is 11.3 Å². The molecule has 1 aromatic heterocycles. The Hall–Kier alpha value is -1.94. The van der Waals surface area contributed by atoms with Crippen LogP contribution in [-0.4, -0.2) is 52.0 Å². The molecule has 1 aliphatic heterocycles. The van der Waals surface area contributed by atoms with Gasteiger partial charge < -0.3 is 10.2 Å². The Morgan fingerprint density at radius 1 is 1.60 bits per heavy atom. The van der Waals surface area contributed by atoms with Crippen molar-refractivity contribution in [2.24, 2.45) is 0 Å². The van der Waals surface area contributed by atoms with Gasteiger partial charge in [-0.1, -0.05) is 5.21 Å². The van der Waals surface area contributed by atoms with E-state index in [1.165, 1.54) is 0 Å². The zero-order chi connectivity index (χ0) is 14.4. The third-order valence-electron chi connectivity index (χ3n) is 3.57. The molecular formula is C13H20N6O. The second-order valence-corrected chi connectivity index (χ2v) is 4.86. The average Bonchev–Trinajstić information content (AvgIpc) is 2.98. The van der Waals surface area contributed by atoms with Gasteiger partial charge in [0.15, 0.2) is 5.69 Å². The van der Waals surface area contributed by atoms with Gasteiger partial charge in [0.1, 0.15) is 0 Å². The Morgan fingerprint density at radius 3 is 3.00 bits per heavy atom. The molecule has 20 heavy (non-hydrogen) atoms. The molecule has 0 radical (unpaired) electrons. The van der Waals surface area contributed by atoms with Gasteiger partial charge in [0.25, 0.3) is 5.91 Å². The summed E-state index contributed by atoms with van der Waals surface area (Å²) in [6.07, 6.45) is 4.07. The molecular weight excluding hydrogens is 256 g/mol. The zero-order valence-corrected chi connectivity index (χ0v) is 11.7. The van der Waals surface area contributed by atoms with Crippen LogP contribution in [0.3, 0.4) is 0 Å². The molecule has 0 atom stereocenters. The van der Waals surface area contributed by atoms with Crippen molar-refractivity contribution in [2.45, 2.75) is 32.2 Å². The number of carbonyl (C=O) groups excluding carboxylic acids is 1. The number of nitriles is 1. The summed E-state index contributed by atoms with van der Waals surface area (Å²) >= 11 is 0. The summed E-state index contributed by atoms with van der Waals surface area (Å²) in [5, 5.41) is 20.0. The predicted octanol–water partition coefficient (Wildman–Crippen LogP) is 0.578. The molecule has 108 valence electrons. The Labute approximate surface area is 118 Å². The highest BCUT2D eigenvalue weighted by Crippen LogP contribution is 2.17. The second-order valence-electron chi connectivity index (χ2n) is 4.86. The molecule has 1 saturated heterocycles. The largest absolute Gasteiger partial charge is 0.336 e. The van der Waals surface area contributed by atoms with Crippen LogP contribution in [-0.2, 0) is 0 Å². The first kappa shape index (κ1) is 14.5. The normalized spacial score (nSPS) is 15.8. The molecule has 1 aromatic rings. The van der Waals surface area contributed by atoms with Crippen molar-refractivity contribution in [3.8, 4) is 6.07 Å². The van der Waals surface area contributed by atoms with Gasteiger partial charge in [-0.05, 0) is 32.9 Å². The van der Waals surface area contributed by atoms with Gasteiger partial charge in [-0.25, -0.2) is 4.68 Å². The second kappa shape index (κ2) is 7.01. The van der Waals surface area contributed by atoms with Gasteiger partial charge in [0.2, 0.25) is 0 Å². The van der Waals surface area contributed by atoms with Crippen molar-refractivity contribution in [3.05, 3.63) is 11.9 Å². The van der Waals surface area contributed by atoms with Crippen molar-refractivity contribution in [3.63, 3.8) is 0 Å². The van der Waals surface area contributed by atoms with Crippen LogP contribution in [0.15, 0.2) is 6.20 Å². The van der Waals surface area contributed by atoms with E-state index in [9.17, 15) is 4.79 Å². The topological polar surface area (TPSA) is 86.8 Å². The van der Waals surface area contributed by atoms with E-state index in [4.69, 9.17) is 5.26 Å². The molecule has 1 aliphatic rings. The molecule has 1 N–H and O–H groups in total. The first-order valence-corrected chi connectivity index (χ1v) is 7.05. The number of aromatic nitrogens is 3. The summed E-state index contributed by atoms with van der Waals surface area (Å²) < 4.78 is 1.80. The molecule has 0 spiro atoms. The van der Waals surface area contributed by atoms with Gasteiger partial charge in [-0.2, -0.15) is 5.26 Å². The summed E-state index contributed by atoms with van der Waals surface area (Å²) in [7, 11) is 0. The fourth-order valence-corrected chi connectivity index (χ4v) is 2.37. The van der Waals surface area contributed by atoms with E-state index >= 15 is 0 Å². The molecule has 7 nitrogen and oxygen atoms in total. The highest BCUT2D eigenvalue weighted by Gasteiger charge is 2.21. The number of carbonyl (C=O) groups is 1. The Morgan fingerprint density at radius 2 is 2.35 bits per heavy atom. The lowest BCUT2D eigenvalue weighted by Gasteiger charge is -2.22. The quantitative estimate of drug-likeness (QED) is 0.850. The number of hydrogen-bond acceptors (Lipinski definition) is 5. The third kappa shape index (κ3) is 3.33. The van der Waals surface area contributed by atoms with Crippen molar-refractivity contribution in [2.75, 3.05) is 26.2 Å². The fraction of sp³-hybridized carbons (Fsp3) is 0.692. The van der Waals surface area contributed by atoms with E-state index in [1.54, 1.807) is 15.8 Å². The summed E-state index contributed by atoms with van der Waals surface area (Å²) in [4.78, 5) is 13.9. The van der Waals surface area contributed by atoms with Crippen molar-refractivity contribution in [1.29, 1.82) is 5.26 Å². The maximum absolute atomic E-state index is 12.3. The number of rotatable bonds is 5. The molecule has 7 heteroatoms. The highest BCUT2D eigenvalue weighted by atomic mass is 16.2. The predicted molar refractivity (Wildman–Crippen MR) is 73.0 cm³/mol. The summed E-state index contributed by atoms with van der Waals surface area (Å²) in [5.41, 5.74) is 0.364. The Kier molecular flexibility index (Phi) is 5.07. The maximum atomic E-state index is 12.3. The lowest BCUT2D eigenvalue weighted by molar-refractivity contribution is 0.0762. The van der Waals surface area contributed by atoms with Crippen LogP contribution in [0.2, 0.25) is 0 Å². The van der Waals surface area contributed by atoms with Crippen LogP contribution in [0.25, 0.3) is 0 Å². The van der Waals surface area contributed by atoms with Crippen molar-refractivity contribution >= 4 is 5.91 Å². The minimum absolute atomic E-state index is 0.150. The van der Waals surface area contributed by atoms with Gasteiger partial charge in [0.05, 0.1) is 24.7 Å². The molecule has 2 heterocycles. The van der Waals surface area contributed by atoms with Crippen LogP contribution < -0.4 is 5.32 Å². The van der Waals surface area contributed by atoms with Crippen molar-refractivity contribution in [1.82, 2.24) is 25.2 Å². The van der Waals surface area contributed by atoms with Gasteiger partial charge >= 0.3 is 0 Å². The van der Waals surface area contributed by atoms with Gasteiger partial charge in [-0.3, -0.25) is 4.79 Å². The summed E-state index contributed by atoms with van der Waals surface area (Å²) in [6, 6.07) is 2.37. The minimum Gasteiger partial charge on any atom is -0.336 e. The van der Waals surface area contributed by atoms with Crippen LogP contribution in [0.1, 0.15) is 42.7 Å². The fourth-order valence-electron chi connectivity index (χ4n) is 2.37. The molecule has 1 amide bonds. The smallest absolute Gasteiger partial charge is 0.276 e. The number of nitrogens with one attached hydrogen (secondary N) is 1. The molecule has 0 saturated carbocycles. The highest BCUT2D eigenvalue weighted by molar-refractivity contribution is 5.91. The van der Waals surface area contributed by atoms with Crippen molar-refractivity contribution < 1.29 is 4.79 Å². The first-order valence-electron chi connectivity index (χ1n) is 7.05. The molecule has 0 bridgehead atoms. The van der Waals surface area contributed by atoms with E-state index in [0.29, 0.717) is 31.2 Å². The Balaban J connectivity index is 2.03. The van der Waals surface area contributed by atoms with Crippen LogP contribution in [0.4, 0.5) is 0 Å². The zero-order valence-electron chi connectivity index (χ0n) is 11.7. The molecule has 0 aliphatic carbocycles. The van der Waals surface area contributed by atoms with E-state index in [1.807, 2.05) is 6.92 Å². The van der Waals surface area contributed by atoms with E-state index < -0.39 is 0 Å². The minimum atomic E-state index is -0.150. The Bertz CT molecular complexity index is 485. The lowest BCUT2D eigenvalue weighted by Crippen LogP contribution is -2.32. The maximum Gasteiger partial charge on any atom is 0.276 e. The summed E-state index contributed by atoms with van der Waals surface area (Å²) in [5.74, 6) is -0.150. The standard InChI is InChI=1S/C13H20N6O/c1-2-18(9-3-6-14)13(20)12-10-19(17-16-12)11-4-7-15-8-5-11/h10-11,15H,2-5,7-9H2,1H3. The van der Waals surface area contributed by atoms with E-state index in [2.05, 4.69) is 21.7 Å². The number of amides is 1. The molecule has 0 aromatic carbocycles. The number of nitrogens with zero attached hydrogens (tertiary/aromatic N) is 5. The number of piperidine rings is 1. The monoisotopic (exact) mass is 276 g/mol. The SMILES string of the molecule is CCN(CCC#N)C(=O)c1cn(C2CCNCC2)nn1. The van der Waals surface area contributed by atoms with E-state index in [-0.39, 0.29) is 5.91 Å². The molecule has 2 rings (SSSR count). The lowest BCUT2D eigenvalue weighted by atomic mass is 10.1. The average molecular weight is 276 g/mol. The third-order valence-corrected chi connectivity index (χ3v) is 3.57.